The molecule has 0 spiro atoms. The van der Waals surface area contributed by atoms with E-state index in [0.29, 0.717) is 12.9 Å². The summed E-state index contributed by atoms with van der Waals surface area (Å²) in [7, 11) is 0. The molecule has 1 fully saturated rings. The first-order valence-corrected chi connectivity index (χ1v) is 8.48. The zero-order valence-corrected chi connectivity index (χ0v) is 13.7. The molecule has 126 valence electrons. The van der Waals surface area contributed by atoms with Crippen LogP contribution in [0.1, 0.15) is 24.0 Å². The molecule has 2 aromatic rings. The van der Waals surface area contributed by atoms with Crippen molar-refractivity contribution in [3.05, 3.63) is 53.9 Å². The van der Waals surface area contributed by atoms with Crippen LogP contribution >= 0.6 is 0 Å². The van der Waals surface area contributed by atoms with E-state index in [1.54, 1.807) is 0 Å². The number of hydrogen-bond acceptors (Lipinski definition) is 5. The van der Waals surface area contributed by atoms with Crippen LogP contribution in [0.3, 0.4) is 0 Å². The monoisotopic (exact) mass is 326 g/mol. The number of benzene rings is 1. The van der Waals surface area contributed by atoms with E-state index in [0.717, 1.165) is 50.6 Å². The quantitative estimate of drug-likeness (QED) is 0.816. The SMILES string of the molecule is c1cncc(CN(Cc2ccc3c(c2)OCO3)C[C@@H]2CCCO2)c1. The van der Waals surface area contributed by atoms with E-state index in [1.807, 2.05) is 24.5 Å². The van der Waals surface area contributed by atoms with Gasteiger partial charge in [0.15, 0.2) is 11.5 Å². The Morgan fingerprint density at radius 2 is 2.00 bits per heavy atom. The first kappa shape index (κ1) is 15.4. The van der Waals surface area contributed by atoms with E-state index < -0.39 is 0 Å². The molecule has 1 saturated heterocycles. The van der Waals surface area contributed by atoms with Gasteiger partial charge in [-0.1, -0.05) is 12.1 Å². The van der Waals surface area contributed by atoms with Crippen LogP contribution in [-0.4, -0.2) is 35.9 Å². The molecule has 1 aromatic carbocycles. The number of nitrogens with zero attached hydrogens (tertiary/aromatic N) is 2. The number of hydrogen-bond donors (Lipinski definition) is 0. The highest BCUT2D eigenvalue weighted by atomic mass is 16.7. The summed E-state index contributed by atoms with van der Waals surface area (Å²) in [5.41, 5.74) is 2.44. The summed E-state index contributed by atoms with van der Waals surface area (Å²) in [6.07, 6.45) is 6.38. The van der Waals surface area contributed by atoms with E-state index in [-0.39, 0.29) is 0 Å². The van der Waals surface area contributed by atoms with Crippen molar-refractivity contribution in [1.82, 2.24) is 9.88 Å². The molecule has 1 atom stereocenters. The molecular weight excluding hydrogens is 304 g/mol. The maximum absolute atomic E-state index is 5.83. The minimum Gasteiger partial charge on any atom is -0.454 e. The number of fused-ring (bicyclic) bond motifs is 1. The van der Waals surface area contributed by atoms with Crippen molar-refractivity contribution in [2.24, 2.45) is 0 Å². The normalized spacial score (nSPS) is 19.1. The lowest BCUT2D eigenvalue weighted by Crippen LogP contribution is -2.31. The lowest BCUT2D eigenvalue weighted by molar-refractivity contribution is 0.0678. The van der Waals surface area contributed by atoms with Crippen LogP contribution in [-0.2, 0) is 17.8 Å². The third-order valence-corrected chi connectivity index (χ3v) is 4.46. The highest BCUT2D eigenvalue weighted by Crippen LogP contribution is 2.33. The van der Waals surface area contributed by atoms with E-state index in [9.17, 15) is 0 Å². The summed E-state index contributed by atoms with van der Waals surface area (Å²) in [6.45, 7) is 3.85. The lowest BCUT2D eigenvalue weighted by Gasteiger charge is -2.25. The van der Waals surface area contributed by atoms with Gasteiger partial charge in [0.1, 0.15) is 0 Å². The van der Waals surface area contributed by atoms with Crippen LogP contribution < -0.4 is 9.47 Å². The van der Waals surface area contributed by atoms with Crippen molar-refractivity contribution < 1.29 is 14.2 Å². The Morgan fingerprint density at radius 3 is 2.83 bits per heavy atom. The average Bonchev–Trinajstić information content (AvgIpc) is 3.27. The van der Waals surface area contributed by atoms with Gasteiger partial charge in [-0.25, -0.2) is 0 Å². The molecule has 0 radical (unpaired) electrons. The zero-order chi connectivity index (χ0) is 16.2. The van der Waals surface area contributed by atoms with Gasteiger partial charge in [0.2, 0.25) is 6.79 Å². The Hall–Kier alpha value is -2.11. The fourth-order valence-electron chi connectivity index (χ4n) is 3.31. The minimum absolute atomic E-state index is 0.314. The van der Waals surface area contributed by atoms with Crippen molar-refractivity contribution in [1.29, 1.82) is 0 Å². The zero-order valence-electron chi connectivity index (χ0n) is 13.7. The summed E-state index contributed by atoms with van der Waals surface area (Å²) < 4.78 is 16.7. The third kappa shape index (κ3) is 3.68. The topological polar surface area (TPSA) is 43.8 Å². The standard InChI is InChI=1S/C19H22N2O3/c1-3-16(10-20-7-1)12-21(13-17-4-2-8-22-17)11-15-5-6-18-19(9-15)24-14-23-18/h1,3,5-7,9-10,17H,2,4,8,11-14H2/t17-/m0/s1. The Kier molecular flexibility index (Phi) is 4.62. The van der Waals surface area contributed by atoms with Gasteiger partial charge in [0, 0.05) is 38.6 Å². The van der Waals surface area contributed by atoms with Gasteiger partial charge in [0.25, 0.3) is 0 Å². The number of pyridine rings is 1. The third-order valence-electron chi connectivity index (χ3n) is 4.46. The Bertz CT molecular complexity index is 672. The molecule has 24 heavy (non-hydrogen) atoms. The largest absolute Gasteiger partial charge is 0.454 e. The molecule has 0 amide bonds. The molecule has 3 heterocycles. The molecule has 2 aliphatic rings. The summed E-state index contributed by atoms with van der Waals surface area (Å²) in [5, 5.41) is 0. The molecule has 5 nitrogen and oxygen atoms in total. The van der Waals surface area contributed by atoms with E-state index in [4.69, 9.17) is 14.2 Å². The first-order valence-electron chi connectivity index (χ1n) is 8.48. The molecular formula is C19H22N2O3. The van der Waals surface area contributed by atoms with Crippen molar-refractivity contribution >= 4 is 0 Å². The van der Waals surface area contributed by atoms with Crippen LogP contribution in [0.5, 0.6) is 11.5 Å². The molecule has 0 saturated carbocycles. The maximum atomic E-state index is 5.83. The first-order chi connectivity index (χ1) is 11.9. The van der Waals surface area contributed by atoms with Gasteiger partial charge in [-0.15, -0.1) is 0 Å². The predicted molar refractivity (Wildman–Crippen MR) is 89.9 cm³/mol. The molecule has 5 heteroatoms. The molecule has 1 aromatic heterocycles. The van der Waals surface area contributed by atoms with Crippen LogP contribution in [0.2, 0.25) is 0 Å². The molecule has 0 unspecified atom stereocenters. The van der Waals surface area contributed by atoms with Crippen molar-refractivity contribution in [3.63, 3.8) is 0 Å². The second-order valence-electron chi connectivity index (χ2n) is 6.35. The van der Waals surface area contributed by atoms with Crippen molar-refractivity contribution in [2.75, 3.05) is 19.9 Å². The highest BCUT2D eigenvalue weighted by molar-refractivity contribution is 5.44. The smallest absolute Gasteiger partial charge is 0.231 e. The van der Waals surface area contributed by atoms with Gasteiger partial charge in [-0.2, -0.15) is 0 Å². The fraction of sp³-hybridized carbons (Fsp3) is 0.421. The molecule has 2 aliphatic heterocycles. The van der Waals surface area contributed by atoms with Gasteiger partial charge in [0.05, 0.1) is 6.10 Å². The van der Waals surface area contributed by atoms with Crippen LogP contribution in [0.25, 0.3) is 0 Å². The van der Waals surface area contributed by atoms with Gasteiger partial charge in [-0.3, -0.25) is 9.88 Å². The predicted octanol–water partition coefficient (Wildman–Crippen LogP) is 2.99. The van der Waals surface area contributed by atoms with Crippen LogP contribution in [0, 0.1) is 0 Å². The molecule has 0 bridgehead atoms. The van der Waals surface area contributed by atoms with Crippen molar-refractivity contribution in [2.45, 2.75) is 32.0 Å². The van der Waals surface area contributed by atoms with Gasteiger partial charge in [-0.05, 0) is 42.2 Å². The Balaban J connectivity index is 1.48. The fourth-order valence-corrected chi connectivity index (χ4v) is 3.31. The second-order valence-corrected chi connectivity index (χ2v) is 6.35. The van der Waals surface area contributed by atoms with Crippen LogP contribution in [0.4, 0.5) is 0 Å². The number of rotatable bonds is 6. The molecule has 0 aliphatic carbocycles. The molecule has 4 rings (SSSR count). The molecule has 0 N–H and O–H groups in total. The summed E-state index contributed by atoms with van der Waals surface area (Å²) in [5.74, 6) is 1.67. The van der Waals surface area contributed by atoms with Crippen LogP contribution in [0.15, 0.2) is 42.7 Å². The highest BCUT2D eigenvalue weighted by Gasteiger charge is 2.21. The van der Waals surface area contributed by atoms with Gasteiger partial charge >= 0.3 is 0 Å². The number of aromatic nitrogens is 1. The maximum Gasteiger partial charge on any atom is 0.231 e. The van der Waals surface area contributed by atoms with E-state index in [2.05, 4.69) is 28.1 Å². The van der Waals surface area contributed by atoms with Crippen molar-refractivity contribution in [3.8, 4) is 11.5 Å². The minimum atomic E-state index is 0.314. The van der Waals surface area contributed by atoms with E-state index in [1.165, 1.54) is 11.1 Å². The Labute approximate surface area is 142 Å². The van der Waals surface area contributed by atoms with Gasteiger partial charge < -0.3 is 14.2 Å². The second kappa shape index (κ2) is 7.20. The summed E-state index contributed by atoms with van der Waals surface area (Å²) in [4.78, 5) is 6.65. The summed E-state index contributed by atoms with van der Waals surface area (Å²) >= 11 is 0. The summed E-state index contributed by atoms with van der Waals surface area (Å²) in [6, 6.07) is 10.3. The average molecular weight is 326 g/mol. The number of ether oxygens (including phenoxy) is 3. The van der Waals surface area contributed by atoms with E-state index >= 15 is 0 Å². The lowest BCUT2D eigenvalue weighted by atomic mass is 10.1. The Morgan fingerprint density at radius 1 is 1.08 bits per heavy atom.